The first-order valence-electron chi connectivity index (χ1n) is 5.35. The third-order valence-electron chi connectivity index (χ3n) is 2.85. The summed E-state index contributed by atoms with van der Waals surface area (Å²) >= 11 is 11.3. The van der Waals surface area contributed by atoms with Crippen molar-refractivity contribution in [3.8, 4) is 5.69 Å². The average Bonchev–Trinajstić information content (AvgIpc) is 2.78. The Bertz CT molecular complexity index is 790. The van der Waals surface area contributed by atoms with Crippen molar-refractivity contribution in [2.75, 3.05) is 0 Å². The fourth-order valence-corrected chi connectivity index (χ4v) is 2.25. The molecule has 0 bridgehead atoms. The van der Waals surface area contributed by atoms with Gasteiger partial charge in [-0.25, -0.2) is 9.67 Å². The molecule has 0 radical (unpaired) electrons. The Labute approximate surface area is 113 Å². The van der Waals surface area contributed by atoms with Gasteiger partial charge in [0.05, 0.1) is 23.6 Å². The number of rotatable bonds is 1. The van der Waals surface area contributed by atoms with Crippen molar-refractivity contribution in [3.63, 3.8) is 0 Å². The molecule has 3 aromatic rings. The van der Waals surface area contributed by atoms with Crippen molar-refractivity contribution in [1.82, 2.24) is 19.7 Å². The monoisotopic (exact) mass is 276 g/mol. The standard InChI is InChI=1S/C12H9ClN4S/c1-7-9(13)3-2-4-10(7)17-11-8(5-16-17)12(18)15-6-14-11/h2-6H,1H3,(H,14,15,18). The van der Waals surface area contributed by atoms with E-state index in [1.807, 2.05) is 25.1 Å². The van der Waals surface area contributed by atoms with E-state index in [0.717, 1.165) is 22.3 Å². The van der Waals surface area contributed by atoms with Crippen LogP contribution in [0.15, 0.2) is 30.7 Å². The van der Waals surface area contributed by atoms with Crippen LogP contribution in [-0.2, 0) is 0 Å². The molecule has 2 heterocycles. The highest BCUT2D eigenvalue weighted by Crippen LogP contribution is 2.24. The molecule has 90 valence electrons. The summed E-state index contributed by atoms with van der Waals surface area (Å²) in [5, 5.41) is 5.89. The van der Waals surface area contributed by atoms with Gasteiger partial charge in [0.15, 0.2) is 0 Å². The number of benzene rings is 1. The molecule has 2 aromatic heterocycles. The lowest BCUT2D eigenvalue weighted by molar-refractivity contribution is 0.887. The predicted octanol–water partition coefficient (Wildman–Crippen LogP) is 3.44. The second kappa shape index (κ2) is 4.19. The number of hydrogen-bond acceptors (Lipinski definition) is 3. The zero-order chi connectivity index (χ0) is 12.7. The molecule has 3 rings (SSSR count). The summed E-state index contributed by atoms with van der Waals surface area (Å²) in [6.45, 7) is 1.96. The van der Waals surface area contributed by atoms with Gasteiger partial charge in [-0.3, -0.25) is 0 Å². The van der Waals surface area contributed by atoms with Gasteiger partial charge in [0.1, 0.15) is 10.3 Å². The van der Waals surface area contributed by atoms with Crippen molar-refractivity contribution in [1.29, 1.82) is 0 Å². The molecule has 0 fully saturated rings. The number of aromatic nitrogens is 4. The zero-order valence-corrected chi connectivity index (χ0v) is 11.1. The predicted molar refractivity (Wildman–Crippen MR) is 73.8 cm³/mol. The molecule has 0 amide bonds. The van der Waals surface area contributed by atoms with Crippen LogP contribution in [0.4, 0.5) is 0 Å². The maximum atomic E-state index is 6.13. The lowest BCUT2D eigenvalue weighted by Crippen LogP contribution is -2.00. The van der Waals surface area contributed by atoms with Crippen molar-refractivity contribution in [2.24, 2.45) is 0 Å². The molecule has 0 saturated heterocycles. The lowest BCUT2D eigenvalue weighted by Gasteiger charge is -2.08. The summed E-state index contributed by atoms with van der Waals surface area (Å²) < 4.78 is 2.32. The quantitative estimate of drug-likeness (QED) is 0.693. The van der Waals surface area contributed by atoms with E-state index in [9.17, 15) is 0 Å². The smallest absolute Gasteiger partial charge is 0.145 e. The first-order valence-corrected chi connectivity index (χ1v) is 6.14. The highest BCUT2D eigenvalue weighted by molar-refractivity contribution is 7.71. The Kier molecular flexibility index (Phi) is 2.65. The highest BCUT2D eigenvalue weighted by atomic mass is 35.5. The summed E-state index contributed by atoms with van der Waals surface area (Å²) in [7, 11) is 0. The van der Waals surface area contributed by atoms with Crippen LogP contribution in [0.25, 0.3) is 16.7 Å². The third kappa shape index (κ3) is 1.63. The van der Waals surface area contributed by atoms with E-state index >= 15 is 0 Å². The van der Waals surface area contributed by atoms with E-state index in [1.54, 1.807) is 17.2 Å². The Morgan fingerprint density at radius 2 is 2.22 bits per heavy atom. The van der Waals surface area contributed by atoms with Crippen molar-refractivity contribution in [3.05, 3.63) is 45.9 Å². The van der Waals surface area contributed by atoms with Crippen molar-refractivity contribution < 1.29 is 0 Å². The largest absolute Gasteiger partial charge is 0.330 e. The number of aromatic amines is 1. The molecule has 0 unspecified atom stereocenters. The average molecular weight is 277 g/mol. The van der Waals surface area contributed by atoms with E-state index < -0.39 is 0 Å². The second-order valence-electron chi connectivity index (χ2n) is 3.91. The zero-order valence-electron chi connectivity index (χ0n) is 9.51. The molecule has 0 atom stereocenters. The number of H-pyrrole nitrogens is 1. The molecule has 0 aliphatic carbocycles. The molecule has 0 spiro atoms. The number of halogens is 1. The van der Waals surface area contributed by atoms with Gasteiger partial charge in [-0.05, 0) is 24.6 Å². The fraction of sp³-hybridized carbons (Fsp3) is 0.0833. The van der Waals surface area contributed by atoms with Crippen LogP contribution >= 0.6 is 23.8 Å². The van der Waals surface area contributed by atoms with Crippen molar-refractivity contribution >= 4 is 34.9 Å². The maximum absolute atomic E-state index is 6.13. The molecule has 0 saturated carbocycles. The number of fused-ring (bicyclic) bond motifs is 1. The third-order valence-corrected chi connectivity index (χ3v) is 3.58. The first kappa shape index (κ1) is 11.4. The van der Waals surface area contributed by atoms with Gasteiger partial charge in [-0.15, -0.1) is 0 Å². The Morgan fingerprint density at radius 3 is 3.06 bits per heavy atom. The highest BCUT2D eigenvalue weighted by Gasteiger charge is 2.10. The lowest BCUT2D eigenvalue weighted by atomic mass is 10.2. The Hall–Kier alpha value is -1.72. The number of nitrogens with zero attached hydrogens (tertiary/aromatic N) is 3. The van der Waals surface area contributed by atoms with Crippen LogP contribution in [0, 0.1) is 11.6 Å². The van der Waals surface area contributed by atoms with E-state index in [1.165, 1.54) is 0 Å². The van der Waals surface area contributed by atoms with Crippen LogP contribution in [0.3, 0.4) is 0 Å². The molecule has 0 aliphatic heterocycles. The number of hydrogen-bond donors (Lipinski definition) is 1. The molecule has 0 aliphatic rings. The minimum Gasteiger partial charge on any atom is -0.330 e. The van der Waals surface area contributed by atoms with E-state index in [0.29, 0.717) is 9.66 Å². The van der Waals surface area contributed by atoms with Crippen LogP contribution in [0.1, 0.15) is 5.56 Å². The first-order chi connectivity index (χ1) is 8.68. The van der Waals surface area contributed by atoms with Crippen LogP contribution in [0.2, 0.25) is 5.02 Å². The van der Waals surface area contributed by atoms with Gasteiger partial charge in [0.25, 0.3) is 0 Å². The maximum Gasteiger partial charge on any atom is 0.145 e. The van der Waals surface area contributed by atoms with Crippen LogP contribution < -0.4 is 0 Å². The number of nitrogens with one attached hydrogen (secondary N) is 1. The van der Waals surface area contributed by atoms with Gasteiger partial charge in [-0.1, -0.05) is 29.9 Å². The fourth-order valence-electron chi connectivity index (χ4n) is 1.87. The Morgan fingerprint density at radius 1 is 1.39 bits per heavy atom. The van der Waals surface area contributed by atoms with Crippen LogP contribution in [0.5, 0.6) is 0 Å². The SMILES string of the molecule is Cc1c(Cl)cccc1-n1ncc2c(=S)nc[nH]c21. The summed E-state index contributed by atoms with van der Waals surface area (Å²) in [6.07, 6.45) is 3.28. The van der Waals surface area contributed by atoms with Gasteiger partial charge in [-0.2, -0.15) is 5.10 Å². The summed E-state index contributed by atoms with van der Waals surface area (Å²) in [6, 6.07) is 5.72. The minimum absolute atomic E-state index is 0.537. The van der Waals surface area contributed by atoms with E-state index in [2.05, 4.69) is 15.1 Å². The topological polar surface area (TPSA) is 46.5 Å². The molecule has 4 nitrogen and oxygen atoms in total. The normalized spacial score (nSPS) is 11.0. The van der Waals surface area contributed by atoms with Crippen LogP contribution in [-0.4, -0.2) is 19.7 Å². The van der Waals surface area contributed by atoms with Gasteiger partial charge < -0.3 is 4.98 Å². The van der Waals surface area contributed by atoms with E-state index in [4.69, 9.17) is 23.8 Å². The summed E-state index contributed by atoms with van der Waals surface area (Å²) in [5.74, 6) is 0. The minimum atomic E-state index is 0.537. The molecule has 6 heteroatoms. The summed E-state index contributed by atoms with van der Waals surface area (Å²) in [5.41, 5.74) is 2.72. The molecular formula is C12H9ClN4S. The van der Waals surface area contributed by atoms with Gasteiger partial charge >= 0.3 is 0 Å². The molecule has 18 heavy (non-hydrogen) atoms. The summed E-state index contributed by atoms with van der Waals surface area (Å²) in [4.78, 5) is 7.10. The molecule has 1 aromatic carbocycles. The molecular weight excluding hydrogens is 268 g/mol. The molecule has 1 N–H and O–H groups in total. The van der Waals surface area contributed by atoms with Crippen molar-refractivity contribution in [2.45, 2.75) is 6.92 Å². The van der Waals surface area contributed by atoms with E-state index in [-0.39, 0.29) is 0 Å². The second-order valence-corrected chi connectivity index (χ2v) is 4.70. The van der Waals surface area contributed by atoms with Gasteiger partial charge in [0, 0.05) is 5.02 Å². The Balaban J connectivity index is 2.36. The van der Waals surface area contributed by atoms with Gasteiger partial charge in [0.2, 0.25) is 0 Å².